The van der Waals surface area contributed by atoms with E-state index in [9.17, 15) is 36.4 Å². The molecule has 0 radical (unpaired) electrons. The minimum absolute atomic E-state index is 0.00587. The van der Waals surface area contributed by atoms with E-state index in [0.29, 0.717) is 30.5 Å². The minimum atomic E-state index is -4.57. The highest BCUT2D eigenvalue weighted by molar-refractivity contribution is 7.89. The van der Waals surface area contributed by atoms with E-state index in [4.69, 9.17) is 4.74 Å². The molecule has 0 bridgehead atoms. The van der Waals surface area contributed by atoms with Gasteiger partial charge in [0.25, 0.3) is 0 Å². The number of pyridine rings is 1. The Labute approximate surface area is 242 Å². The number of aromatic nitrogens is 1. The van der Waals surface area contributed by atoms with Gasteiger partial charge in [0.15, 0.2) is 0 Å². The maximum atomic E-state index is 13.4. The van der Waals surface area contributed by atoms with Crippen molar-refractivity contribution in [3.8, 4) is 11.6 Å². The van der Waals surface area contributed by atoms with E-state index in [1.807, 2.05) is 0 Å². The number of nitrogens with zero attached hydrogens (tertiary/aromatic N) is 1. The fourth-order valence-corrected chi connectivity index (χ4v) is 5.73. The Morgan fingerprint density at radius 1 is 1.07 bits per heavy atom. The molecule has 1 aromatic heterocycles. The van der Waals surface area contributed by atoms with Crippen molar-refractivity contribution in [3.05, 3.63) is 84.1 Å². The standard InChI is InChI=1S/C28H31BF3N3O6S/c30-28(31,32)21-13-15-26(33-18-21)41-22-10-5-11-23(17-22)42(39,40)35-24(16-20-6-2-1-3-7-20)27(36)34-25(29(37)38)14-12-19-8-4-9-19/h1-3,5-7,10-11,13,15,17-19,24-25,35,37-38H,4,8-9,12,14,16H2,(H,34,36)/t24-,25-/m0/s1. The molecule has 1 amide bonds. The quantitative estimate of drug-likeness (QED) is 0.217. The van der Waals surface area contributed by atoms with Crippen molar-refractivity contribution in [2.75, 3.05) is 0 Å². The Kier molecular flexibility index (Phi) is 10.3. The Bertz CT molecular complexity index is 1440. The molecule has 4 rings (SSSR count). The van der Waals surface area contributed by atoms with E-state index in [1.54, 1.807) is 30.3 Å². The van der Waals surface area contributed by atoms with Gasteiger partial charge in [-0.3, -0.25) is 4.79 Å². The third-order valence-corrected chi connectivity index (χ3v) is 8.57. The van der Waals surface area contributed by atoms with Crippen molar-refractivity contribution < 1.29 is 41.2 Å². The van der Waals surface area contributed by atoms with Gasteiger partial charge in [0.05, 0.1) is 16.4 Å². The molecule has 14 heteroatoms. The highest BCUT2D eigenvalue weighted by Gasteiger charge is 2.33. The number of amides is 1. The van der Waals surface area contributed by atoms with Crippen LogP contribution in [-0.4, -0.2) is 48.5 Å². The third-order valence-electron chi connectivity index (χ3n) is 7.10. The molecule has 0 unspecified atom stereocenters. The predicted octanol–water partition coefficient (Wildman–Crippen LogP) is 3.86. The largest absolute Gasteiger partial charge is 0.475 e. The zero-order valence-electron chi connectivity index (χ0n) is 22.5. The Morgan fingerprint density at radius 3 is 2.40 bits per heavy atom. The van der Waals surface area contributed by atoms with E-state index >= 15 is 0 Å². The minimum Gasteiger partial charge on any atom is -0.439 e. The highest BCUT2D eigenvalue weighted by atomic mass is 32.2. The molecule has 1 aliphatic rings. The van der Waals surface area contributed by atoms with E-state index in [0.717, 1.165) is 37.5 Å². The van der Waals surface area contributed by atoms with Gasteiger partial charge in [-0.25, -0.2) is 13.4 Å². The van der Waals surface area contributed by atoms with Crippen LogP contribution in [0.25, 0.3) is 0 Å². The molecule has 3 aromatic rings. The summed E-state index contributed by atoms with van der Waals surface area (Å²) in [7, 11) is -6.15. The van der Waals surface area contributed by atoms with Crippen molar-refractivity contribution in [3.63, 3.8) is 0 Å². The lowest BCUT2D eigenvalue weighted by molar-refractivity contribution is -0.137. The van der Waals surface area contributed by atoms with Crippen molar-refractivity contribution >= 4 is 23.0 Å². The van der Waals surface area contributed by atoms with Gasteiger partial charge < -0.3 is 20.1 Å². The van der Waals surface area contributed by atoms with Crippen LogP contribution in [-0.2, 0) is 27.4 Å². The number of carbonyl (C=O) groups is 1. The van der Waals surface area contributed by atoms with Crippen LogP contribution in [0.4, 0.5) is 13.2 Å². The van der Waals surface area contributed by atoms with Crippen LogP contribution in [0, 0.1) is 5.92 Å². The molecular formula is C28H31BF3N3O6S. The first-order valence-electron chi connectivity index (χ1n) is 13.4. The molecule has 0 saturated heterocycles. The van der Waals surface area contributed by atoms with Crippen molar-refractivity contribution in [2.24, 2.45) is 5.92 Å². The number of carbonyl (C=O) groups excluding carboxylic acids is 1. The molecule has 1 aliphatic carbocycles. The molecule has 2 atom stereocenters. The monoisotopic (exact) mass is 605 g/mol. The number of benzene rings is 2. The summed E-state index contributed by atoms with van der Waals surface area (Å²) < 4.78 is 73.1. The maximum absolute atomic E-state index is 13.4. The first-order chi connectivity index (χ1) is 19.9. The van der Waals surface area contributed by atoms with Gasteiger partial charge >= 0.3 is 13.3 Å². The molecule has 42 heavy (non-hydrogen) atoms. The van der Waals surface area contributed by atoms with Crippen LogP contribution < -0.4 is 14.8 Å². The van der Waals surface area contributed by atoms with Crippen molar-refractivity contribution in [1.82, 2.24) is 15.0 Å². The van der Waals surface area contributed by atoms with Crippen LogP contribution in [0.15, 0.2) is 77.8 Å². The van der Waals surface area contributed by atoms with Gasteiger partial charge in [0.1, 0.15) is 11.8 Å². The summed E-state index contributed by atoms with van der Waals surface area (Å²) in [4.78, 5) is 16.7. The second kappa shape index (κ2) is 13.7. The number of ether oxygens (including phenoxy) is 1. The molecule has 0 spiro atoms. The van der Waals surface area contributed by atoms with E-state index < -0.39 is 46.8 Å². The first-order valence-corrected chi connectivity index (χ1v) is 14.9. The van der Waals surface area contributed by atoms with Gasteiger partial charge in [-0.15, -0.1) is 0 Å². The number of hydrogen-bond acceptors (Lipinski definition) is 7. The number of sulfonamides is 1. The summed E-state index contributed by atoms with van der Waals surface area (Å²) in [6, 6.07) is 14.4. The summed E-state index contributed by atoms with van der Waals surface area (Å²) in [5.74, 6) is -1.42. The molecule has 9 nitrogen and oxygen atoms in total. The second-order valence-corrected chi connectivity index (χ2v) is 11.9. The van der Waals surface area contributed by atoms with Gasteiger partial charge in [0.2, 0.25) is 21.8 Å². The van der Waals surface area contributed by atoms with Gasteiger partial charge in [-0.2, -0.15) is 17.9 Å². The molecule has 1 heterocycles. The molecule has 2 aromatic carbocycles. The van der Waals surface area contributed by atoms with Gasteiger partial charge in [-0.05, 0) is 48.9 Å². The lowest BCUT2D eigenvalue weighted by Crippen LogP contribution is -2.54. The third kappa shape index (κ3) is 8.77. The fraction of sp³-hybridized carbons (Fsp3) is 0.357. The Balaban J connectivity index is 1.50. The lowest BCUT2D eigenvalue weighted by Gasteiger charge is -2.28. The first kappa shape index (κ1) is 31.5. The molecular weight excluding hydrogens is 574 g/mol. The van der Waals surface area contributed by atoms with E-state index in [-0.39, 0.29) is 22.9 Å². The number of halogens is 3. The molecule has 1 fully saturated rings. The highest BCUT2D eigenvalue weighted by Crippen LogP contribution is 2.31. The summed E-state index contributed by atoms with van der Waals surface area (Å²) in [5, 5.41) is 22.4. The predicted molar refractivity (Wildman–Crippen MR) is 149 cm³/mol. The molecule has 1 saturated carbocycles. The average molecular weight is 605 g/mol. The summed E-state index contributed by atoms with van der Waals surface area (Å²) in [6.07, 6.45) is 0.277. The molecule has 4 N–H and O–H groups in total. The van der Waals surface area contributed by atoms with E-state index in [1.165, 1.54) is 18.2 Å². The SMILES string of the molecule is O=C(N[C@@H](CCC1CCC1)B(O)O)[C@H](Cc1ccccc1)NS(=O)(=O)c1cccc(Oc2ccc(C(F)(F)F)cn2)c1. The Hall–Kier alpha value is -3.46. The normalized spacial score (nSPS) is 15.4. The smallest absolute Gasteiger partial charge is 0.439 e. The average Bonchev–Trinajstić information content (AvgIpc) is 2.91. The zero-order chi connectivity index (χ0) is 30.3. The van der Waals surface area contributed by atoms with Crippen LogP contribution in [0.5, 0.6) is 11.6 Å². The topological polar surface area (TPSA) is 138 Å². The van der Waals surface area contributed by atoms with Gasteiger partial charge in [0, 0.05) is 18.3 Å². The number of alkyl halides is 3. The summed E-state index contributed by atoms with van der Waals surface area (Å²) in [6.45, 7) is 0. The second-order valence-electron chi connectivity index (χ2n) is 10.2. The summed E-state index contributed by atoms with van der Waals surface area (Å²) >= 11 is 0. The summed E-state index contributed by atoms with van der Waals surface area (Å²) in [5.41, 5.74) is -0.293. The van der Waals surface area contributed by atoms with Crippen LogP contribution in [0.2, 0.25) is 0 Å². The Morgan fingerprint density at radius 2 is 1.81 bits per heavy atom. The number of rotatable bonds is 13. The molecule has 224 valence electrons. The van der Waals surface area contributed by atoms with Crippen molar-refractivity contribution in [2.45, 2.75) is 61.6 Å². The lowest BCUT2D eigenvalue weighted by atomic mass is 9.73. The number of hydrogen-bond donors (Lipinski definition) is 4. The molecule has 0 aliphatic heterocycles. The maximum Gasteiger partial charge on any atom is 0.475 e. The van der Waals surface area contributed by atoms with Crippen molar-refractivity contribution in [1.29, 1.82) is 0 Å². The van der Waals surface area contributed by atoms with Gasteiger partial charge in [-0.1, -0.05) is 55.7 Å². The van der Waals surface area contributed by atoms with Crippen LogP contribution in [0.1, 0.15) is 43.2 Å². The zero-order valence-corrected chi connectivity index (χ0v) is 23.3. The number of nitrogens with one attached hydrogen (secondary N) is 2. The van der Waals surface area contributed by atoms with E-state index in [2.05, 4.69) is 15.0 Å². The van der Waals surface area contributed by atoms with Crippen LogP contribution in [0.3, 0.4) is 0 Å². The van der Waals surface area contributed by atoms with Crippen LogP contribution >= 0.6 is 0 Å². The fourth-order valence-electron chi connectivity index (χ4n) is 4.50.